The summed E-state index contributed by atoms with van der Waals surface area (Å²) in [6.07, 6.45) is 2.45. The van der Waals surface area contributed by atoms with Crippen molar-refractivity contribution in [2.45, 2.75) is 39.7 Å². The highest BCUT2D eigenvalue weighted by Crippen LogP contribution is 2.23. The summed E-state index contributed by atoms with van der Waals surface area (Å²) in [6.45, 7) is 12.8. The quantitative estimate of drug-likeness (QED) is 0.806. The summed E-state index contributed by atoms with van der Waals surface area (Å²) < 4.78 is 0. The van der Waals surface area contributed by atoms with E-state index in [1.54, 1.807) is 0 Å². The number of nitrogens with one attached hydrogen (secondary N) is 2. The minimum atomic E-state index is -0.0289. The fraction of sp³-hybridized carbons (Fsp3) is 0.682. The Morgan fingerprint density at radius 2 is 1.85 bits per heavy atom. The Morgan fingerprint density at radius 3 is 2.56 bits per heavy atom. The van der Waals surface area contributed by atoms with Gasteiger partial charge in [0.1, 0.15) is 0 Å². The molecule has 1 aromatic rings. The molecule has 150 valence electrons. The predicted octanol–water partition coefficient (Wildman–Crippen LogP) is 3.18. The van der Waals surface area contributed by atoms with Gasteiger partial charge in [-0.3, -0.25) is 0 Å². The third-order valence-electron chi connectivity index (χ3n) is 5.81. The Balaban J connectivity index is 1.35. The van der Waals surface area contributed by atoms with Crippen molar-refractivity contribution in [1.82, 2.24) is 15.5 Å². The molecule has 2 N–H and O–H groups in total. The van der Waals surface area contributed by atoms with Crippen LogP contribution < -0.4 is 15.5 Å². The van der Waals surface area contributed by atoms with Crippen molar-refractivity contribution in [2.24, 2.45) is 17.8 Å². The number of piperidine rings is 1. The first kappa shape index (κ1) is 20.0. The van der Waals surface area contributed by atoms with Crippen LogP contribution in [0.25, 0.3) is 0 Å². The molecule has 0 aromatic heterocycles. The molecule has 3 rings (SSSR count). The van der Waals surface area contributed by atoms with E-state index in [1.807, 2.05) is 0 Å². The lowest BCUT2D eigenvalue weighted by molar-refractivity contribution is 0.131. The lowest BCUT2D eigenvalue weighted by atomic mass is 9.92. The number of likely N-dealkylation sites (tertiary alicyclic amines) is 1. The summed E-state index contributed by atoms with van der Waals surface area (Å²) in [7, 11) is 0. The van der Waals surface area contributed by atoms with Crippen LogP contribution in [-0.2, 0) is 0 Å². The van der Waals surface area contributed by atoms with Crippen LogP contribution in [-0.4, -0.2) is 56.2 Å². The van der Waals surface area contributed by atoms with Gasteiger partial charge in [0.15, 0.2) is 0 Å². The van der Waals surface area contributed by atoms with E-state index in [1.165, 1.54) is 12.1 Å². The molecule has 0 aliphatic carbocycles. The Bertz CT molecular complexity index is 583. The van der Waals surface area contributed by atoms with Crippen LogP contribution in [0.15, 0.2) is 30.3 Å². The highest BCUT2D eigenvalue weighted by Gasteiger charge is 2.25. The van der Waals surface area contributed by atoms with E-state index in [4.69, 9.17) is 0 Å². The van der Waals surface area contributed by atoms with Gasteiger partial charge in [0.2, 0.25) is 0 Å². The van der Waals surface area contributed by atoms with Crippen molar-refractivity contribution < 1.29 is 4.79 Å². The van der Waals surface area contributed by atoms with Gasteiger partial charge in [0.25, 0.3) is 0 Å². The Kier molecular flexibility index (Phi) is 7.00. The molecule has 0 saturated carbocycles. The molecule has 0 spiro atoms. The average Bonchev–Trinajstić information content (AvgIpc) is 3.09. The highest BCUT2D eigenvalue weighted by molar-refractivity contribution is 5.74. The Labute approximate surface area is 164 Å². The second-order valence-corrected chi connectivity index (χ2v) is 8.86. The number of hydrogen-bond donors (Lipinski definition) is 2. The zero-order chi connectivity index (χ0) is 19.2. The van der Waals surface area contributed by atoms with E-state index in [0.717, 1.165) is 57.5 Å². The largest absolute Gasteiger partial charge is 0.371 e. The summed E-state index contributed by atoms with van der Waals surface area (Å²) in [5.74, 6) is 2.03. The van der Waals surface area contributed by atoms with Gasteiger partial charge in [-0.2, -0.15) is 0 Å². The van der Waals surface area contributed by atoms with Crippen LogP contribution >= 0.6 is 0 Å². The number of nitrogens with zero attached hydrogens (tertiary/aromatic N) is 2. The number of anilines is 1. The average molecular weight is 373 g/mol. The summed E-state index contributed by atoms with van der Waals surface area (Å²) in [4.78, 5) is 17.2. The third-order valence-corrected chi connectivity index (χ3v) is 5.81. The number of hydrogen-bond acceptors (Lipinski definition) is 3. The lowest BCUT2D eigenvalue weighted by Gasteiger charge is -2.36. The van der Waals surface area contributed by atoms with Crippen LogP contribution in [0.2, 0.25) is 0 Å². The summed E-state index contributed by atoms with van der Waals surface area (Å²) in [5.41, 5.74) is 1.28. The van der Waals surface area contributed by atoms with E-state index in [2.05, 4.69) is 71.5 Å². The first-order valence-electron chi connectivity index (χ1n) is 10.6. The zero-order valence-electron chi connectivity index (χ0n) is 17.2. The number of carbonyl (C=O) groups is 1. The molecule has 4 atom stereocenters. The summed E-state index contributed by atoms with van der Waals surface area (Å²) in [5, 5.41) is 6.21. The van der Waals surface area contributed by atoms with Crippen LogP contribution in [0.3, 0.4) is 0 Å². The first-order valence-corrected chi connectivity index (χ1v) is 10.6. The van der Waals surface area contributed by atoms with Crippen molar-refractivity contribution >= 4 is 11.7 Å². The normalized spacial score (nSPS) is 27.4. The minimum absolute atomic E-state index is 0.0289. The fourth-order valence-corrected chi connectivity index (χ4v) is 4.76. The molecule has 5 nitrogen and oxygen atoms in total. The summed E-state index contributed by atoms with van der Waals surface area (Å²) >= 11 is 0. The van der Waals surface area contributed by atoms with Crippen LogP contribution in [0.4, 0.5) is 10.5 Å². The second kappa shape index (κ2) is 9.45. The predicted molar refractivity (Wildman–Crippen MR) is 112 cm³/mol. The fourth-order valence-electron chi connectivity index (χ4n) is 4.76. The van der Waals surface area contributed by atoms with Crippen LogP contribution in [0.5, 0.6) is 0 Å². The van der Waals surface area contributed by atoms with Gasteiger partial charge in [-0.25, -0.2) is 4.79 Å². The summed E-state index contributed by atoms with van der Waals surface area (Å²) in [6, 6.07) is 10.7. The molecule has 0 unspecified atom stereocenters. The van der Waals surface area contributed by atoms with E-state index in [0.29, 0.717) is 5.92 Å². The van der Waals surface area contributed by atoms with Gasteiger partial charge in [-0.05, 0) is 49.7 Å². The molecule has 5 heteroatoms. The Hall–Kier alpha value is -1.75. The lowest BCUT2D eigenvalue weighted by Crippen LogP contribution is -2.49. The molecular weight excluding hydrogens is 336 g/mol. The monoisotopic (exact) mass is 372 g/mol. The topological polar surface area (TPSA) is 47.6 Å². The van der Waals surface area contributed by atoms with Crippen molar-refractivity contribution in [1.29, 1.82) is 0 Å². The molecule has 2 aliphatic heterocycles. The van der Waals surface area contributed by atoms with Crippen molar-refractivity contribution in [3.8, 4) is 0 Å². The molecule has 27 heavy (non-hydrogen) atoms. The minimum Gasteiger partial charge on any atom is -0.371 e. The molecule has 0 radical (unpaired) electrons. The van der Waals surface area contributed by atoms with E-state index in [9.17, 15) is 4.79 Å². The van der Waals surface area contributed by atoms with Crippen molar-refractivity contribution in [3.63, 3.8) is 0 Å². The van der Waals surface area contributed by atoms with Gasteiger partial charge < -0.3 is 20.4 Å². The van der Waals surface area contributed by atoms with Crippen LogP contribution in [0, 0.1) is 17.8 Å². The molecule has 2 saturated heterocycles. The molecule has 1 aromatic carbocycles. The SMILES string of the molecule is C[C@@H]1C[C@H](C)CN(C[C@@H](C)NC(=O)NC[C@@H]2CCN(c3ccccc3)C2)C1. The van der Waals surface area contributed by atoms with Gasteiger partial charge in [0.05, 0.1) is 0 Å². The number of urea groups is 1. The van der Waals surface area contributed by atoms with Gasteiger partial charge in [-0.15, -0.1) is 0 Å². The van der Waals surface area contributed by atoms with Crippen LogP contribution in [0.1, 0.15) is 33.6 Å². The van der Waals surface area contributed by atoms with E-state index < -0.39 is 0 Å². The molecule has 2 fully saturated rings. The number of benzene rings is 1. The Morgan fingerprint density at radius 1 is 1.15 bits per heavy atom. The number of rotatable bonds is 6. The first-order chi connectivity index (χ1) is 13.0. The number of carbonyl (C=O) groups excluding carboxylic acids is 1. The molecule has 2 aliphatic rings. The van der Waals surface area contributed by atoms with E-state index >= 15 is 0 Å². The standard InChI is InChI=1S/C22H36N4O/c1-17-11-18(2)14-25(13-17)15-19(3)24-22(27)23-12-20-9-10-26(16-20)21-7-5-4-6-8-21/h4-8,17-20H,9-16H2,1-3H3,(H2,23,24,27)/t17-,18+,19-,20+/m1/s1. The number of amides is 2. The number of para-hydroxylation sites is 1. The van der Waals surface area contributed by atoms with Crippen molar-refractivity contribution in [2.75, 3.05) is 44.2 Å². The molecule has 2 amide bonds. The smallest absolute Gasteiger partial charge is 0.315 e. The molecular formula is C22H36N4O. The maximum atomic E-state index is 12.3. The third kappa shape index (κ3) is 6.13. The van der Waals surface area contributed by atoms with Gasteiger partial charge >= 0.3 is 6.03 Å². The maximum Gasteiger partial charge on any atom is 0.315 e. The highest BCUT2D eigenvalue weighted by atomic mass is 16.2. The van der Waals surface area contributed by atoms with Crippen molar-refractivity contribution in [3.05, 3.63) is 30.3 Å². The zero-order valence-corrected chi connectivity index (χ0v) is 17.2. The second-order valence-electron chi connectivity index (χ2n) is 8.86. The van der Waals surface area contributed by atoms with Gasteiger partial charge in [-0.1, -0.05) is 32.0 Å². The molecule has 0 bridgehead atoms. The van der Waals surface area contributed by atoms with Gasteiger partial charge in [0, 0.05) is 51.0 Å². The maximum absolute atomic E-state index is 12.3. The molecule has 2 heterocycles. The van der Waals surface area contributed by atoms with E-state index in [-0.39, 0.29) is 12.1 Å².